The van der Waals surface area contributed by atoms with Crippen LogP contribution in [0.15, 0.2) is 72.8 Å². The number of aliphatic hydroxyl groups is 2. The number of anilines is 3. The number of nitrogens with one attached hydrogen (secondary N) is 1. The van der Waals surface area contributed by atoms with Gasteiger partial charge in [0.15, 0.2) is 0 Å². The fourth-order valence-corrected chi connectivity index (χ4v) is 4.63. The lowest BCUT2D eigenvalue weighted by atomic mass is 9.78. The minimum absolute atomic E-state index is 0.0417. The third-order valence-corrected chi connectivity index (χ3v) is 7.48. The van der Waals surface area contributed by atoms with Gasteiger partial charge in [-0.2, -0.15) is 15.0 Å². The number of rotatable bonds is 14. The number of carbonyl (C=O) groups is 1. The van der Waals surface area contributed by atoms with E-state index in [-0.39, 0.29) is 48.0 Å². The highest BCUT2D eigenvalue weighted by Gasteiger charge is 2.22. The van der Waals surface area contributed by atoms with Crippen molar-refractivity contribution in [2.45, 2.75) is 77.6 Å². The van der Waals surface area contributed by atoms with Crippen molar-refractivity contribution in [2.75, 3.05) is 43.5 Å². The first-order chi connectivity index (χ1) is 24.4. The number of unbranched alkanes of at least 4 members (excludes halogenated alkanes) is 6. The molecule has 0 unspecified atom stereocenters. The second-order valence-electron chi connectivity index (χ2n) is 11.8. The molecule has 0 atom stereocenters. The van der Waals surface area contributed by atoms with Crippen molar-refractivity contribution in [1.82, 2.24) is 20.3 Å². The zero-order chi connectivity index (χ0) is 38.5. The van der Waals surface area contributed by atoms with Crippen molar-refractivity contribution in [2.24, 2.45) is 0 Å². The van der Waals surface area contributed by atoms with Crippen LogP contribution in [0.3, 0.4) is 0 Å². The van der Waals surface area contributed by atoms with Crippen molar-refractivity contribution in [3.8, 4) is 17.2 Å². The number of phenolic OH excluding ortho intramolecular Hbond substituents is 3. The molecule has 1 aromatic heterocycles. The number of aliphatic hydroxyl groups excluding tert-OH is 2. The average Bonchev–Trinajstić information content (AvgIpc) is 3.10. The Morgan fingerprint density at radius 2 is 1.02 bits per heavy atom. The maximum atomic E-state index is 9.58. The van der Waals surface area contributed by atoms with Crippen LogP contribution in [0.1, 0.15) is 82.4 Å². The second kappa shape index (κ2) is 27.8. The number of hydrogen-bond donors (Lipinski definition) is 9. The summed E-state index contributed by atoms with van der Waals surface area (Å²) in [5, 5.41) is 47.3. The molecule has 4 rings (SSSR count). The summed E-state index contributed by atoms with van der Waals surface area (Å²) in [5.74, 6) is 1.12. The van der Waals surface area contributed by atoms with E-state index in [1.54, 1.807) is 30.3 Å². The zero-order valence-electron chi connectivity index (χ0n) is 30.3. The maximum Gasteiger partial charge on any atom is 0.226 e. The van der Waals surface area contributed by atoms with Gasteiger partial charge in [0.25, 0.3) is 0 Å². The van der Waals surface area contributed by atoms with Gasteiger partial charge in [-0.3, -0.25) is 0 Å². The van der Waals surface area contributed by atoms with E-state index in [9.17, 15) is 15.3 Å². The molecular weight excluding hydrogens is 650 g/mol. The third kappa shape index (κ3) is 21.0. The van der Waals surface area contributed by atoms with Gasteiger partial charge in [-0.1, -0.05) is 102 Å². The Bertz CT molecular complexity index is 1340. The number of hydrogen-bond acceptors (Lipinski definition) is 13. The van der Waals surface area contributed by atoms with Gasteiger partial charge in [0.2, 0.25) is 17.8 Å². The number of nitrogens with zero attached hydrogens (tertiary/aromatic N) is 3. The van der Waals surface area contributed by atoms with Gasteiger partial charge in [-0.05, 0) is 59.9 Å². The van der Waals surface area contributed by atoms with Crippen molar-refractivity contribution in [3.63, 3.8) is 0 Å². The van der Waals surface area contributed by atoms with Gasteiger partial charge in [0.05, 0.1) is 13.2 Å². The highest BCUT2D eigenvalue weighted by atomic mass is 16.3. The number of nitrogens with two attached hydrogens (primary N) is 3. The molecule has 0 aliphatic rings. The van der Waals surface area contributed by atoms with E-state index < -0.39 is 0 Å². The molecule has 12 N–H and O–H groups in total. The Hall–Kier alpha value is -4.98. The van der Waals surface area contributed by atoms with E-state index in [1.165, 1.54) is 44.9 Å². The Balaban J connectivity index is 0.000000679. The molecule has 0 aliphatic heterocycles. The Morgan fingerprint density at radius 1 is 0.627 bits per heavy atom. The lowest BCUT2D eigenvalue weighted by Gasteiger charge is -2.26. The molecule has 1 heterocycles. The first-order valence-electron chi connectivity index (χ1n) is 17.0. The van der Waals surface area contributed by atoms with Crippen LogP contribution < -0.4 is 22.5 Å². The van der Waals surface area contributed by atoms with Crippen LogP contribution in [0.2, 0.25) is 0 Å². The molecule has 0 spiro atoms. The fourth-order valence-electron chi connectivity index (χ4n) is 4.63. The number of aromatic hydroxyl groups is 3. The zero-order valence-corrected chi connectivity index (χ0v) is 30.3. The molecule has 3 aromatic carbocycles. The lowest BCUT2D eigenvalue weighted by Crippen LogP contribution is -2.21. The van der Waals surface area contributed by atoms with Crippen molar-refractivity contribution < 1.29 is 30.3 Å². The summed E-state index contributed by atoms with van der Waals surface area (Å²) in [6.07, 6.45) is 10.3. The molecular formula is C38H59N7O6. The summed E-state index contributed by atoms with van der Waals surface area (Å²) >= 11 is 0. The average molecular weight is 710 g/mol. The van der Waals surface area contributed by atoms with E-state index >= 15 is 0 Å². The number of aromatic nitrogens is 3. The molecule has 0 fully saturated rings. The molecule has 282 valence electrons. The van der Waals surface area contributed by atoms with E-state index in [0.29, 0.717) is 18.8 Å². The predicted octanol–water partition coefficient (Wildman–Crippen LogP) is 5.10. The summed E-state index contributed by atoms with van der Waals surface area (Å²) in [7, 11) is 0. The molecule has 13 heteroatoms. The molecule has 0 saturated carbocycles. The van der Waals surface area contributed by atoms with Gasteiger partial charge in [0, 0.05) is 18.5 Å². The fraction of sp³-hybridized carbons (Fsp3) is 0.421. The van der Waals surface area contributed by atoms with Gasteiger partial charge in [-0.15, -0.1) is 0 Å². The first kappa shape index (κ1) is 46.0. The quantitative estimate of drug-likeness (QED) is 0.0774. The summed E-state index contributed by atoms with van der Waals surface area (Å²) in [6.45, 7) is 9.90. The summed E-state index contributed by atoms with van der Waals surface area (Å²) in [4.78, 5) is 18.5. The summed E-state index contributed by atoms with van der Waals surface area (Å²) in [5.41, 5.74) is 18.6. The van der Waals surface area contributed by atoms with Crippen LogP contribution in [0.4, 0.5) is 17.8 Å². The van der Waals surface area contributed by atoms with Crippen LogP contribution >= 0.6 is 0 Å². The second-order valence-corrected chi connectivity index (χ2v) is 11.8. The number of carbonyl (C=O) groups excluding carboxylic acids is 1. The van der Waals surface area contributed by atoms with Crippen LogP contribution in [-0.2, 0) is 16.6 Å². The van der Waals surface area contributed by atoms with Crippen LogP contribution in [0.5, 0.6) is 17.2 Å². The third-order valence-electron chi connectivity index (χ3n) is 7.48. The SMILES string of the molecule is C=O.CC(C)(c1ccc(O)cc1)c1ccc(O)cc1.CCCCCCCCCc1ccccc1O.Nc1nc(N)nc(N)n1.OCCNCCO. The van der Waals surface area contributed by atoms with Crippen molar-refractivity contribution in [1.29, 1.82) is 0 Å². The van der Waals surface area contributed by atoms with Crippen molar-refractivity contribution >= 4 is 24.6 Å². The normalized spacial score (nSPS) is 10.1. The van der Waals surface area contributed by atoms with Crippen LogP contribution in [0, 0.1) is 0 Å². The van der Waals surface area contributed by atoms with E-state index in [0.717, 1.165) is 23.1 Å². The Morgan fingerprint density at radius 3 is 1.41 bits per heavy atom. The molecule has 0 saturated heterocycles. The molecule has 4 aromatic rings. The highest BCUT2D eigenvalue weighted by Crippen LogP contribution is 2.33. The largest absolute Gasteiger partial charge is 0.508 e. The van der Waals surface area contributed by atoms with Gasteiger partial charge >= 0.3 is 0 Å². The molecule has 13 nitrogen and oxygen atoms in total. The van der Waals surface area contributed by atoms with Crippen LogP contribution in [-0.4, -0.2) is 73.6 Å². The minimum atomic E-state index is -0.151. The van der Waals surface area contributed by atoms with Gasteiger partial charge in [0.1, 0.15) is 24.0 Å². The molecule has 0 radical (unpaired) electrons. The molecule has 0 aliphatic carbocycles. The highest BCUT2D eigenvalue weighted by molar-refractivity contribution is 5.41. The van der Waals surface area contributed by atoms with Gasteiger partial charge in [-0.25, -0.2) is 0 Å². The molecule has 0 amide bonds. The number of phenols is 3. The van der Waals surface area contributed by atoms with E-state index in [4.69, 9.17) is 32.2 Å². The topological polar surface area (TPSA) is 247 Å². The monoisotopic (exact) mass is 709 g/mol. The van der Waals surface area contributed by atoms with Crippen LogP contribution in [0.25, 0.3) is 0 Å². The lowest BCUT2D eigenvalue weighted by molar-refractivity contribution is -0.0980. The standard InChI is InChI=1S/C15H16O2.C15H24O.C4H11NO2.C3H6N6.CH2O/c1-15(2,11-3-7-13(16)8-4-11)12-5-9-14(17)10-6-12;1-2-3-4-5-6-7-8-11-14-12-9-10-13-15(14)16;6-3-1-5-2-4-7;4-1-7-2(5)9-3(6)8-1;1-2/h3-10,16-17H,1-2H3;9-10,12-13,16H,2-8,11H2,1H3;5-7H,1-4H2;(H6,4,5,6,7,8,9);1H2. The van der Waals surface area contributed by atoms with E-state index in [2.05, 4.69) is 41.0 Å². The number of benzene rings is 3. The number of aryl methyl sites for hydroxylation is 1. The number of nitrogen functional groups attached to an aromatic ring is 3. The Kier molecular flexibility index (Phi) is 25.1. The van der Waals surface area contributed by atoms with E-state index in [1.807, 2.05) is 49.3 Å². The van der Waals surface area contributed by atoms with Gasteiger partial charge < -0.3 is 52.8 Å². The summed E-state index contributed by atoms with van der Waals surface area (Å²) in [6, 6.07) is 22.1. The smallest absolute Gasteiger partial charge is 0.226 e. The summed E-state index contributed by atoms with van der Waals surface area (Å²) < 4.78 is 0. The Labute approximate surface area is 302 Å². The first-order valence-corrected chi connectivity index (χ1v) is 17.0. The molecule has 0 bridgehead atoms. The predicted molar refractivity (Wildman–Crippen MR) is 205 cm³/mol. The number of para-hydroxylation sites is 1. The minimum Gasteiger partial charge on any atom is -0.508 e. The molecule has 51 heavy (non-hydrogen) atoms. The maximum absolute atomic E-state index is 9.58. The van der Waals surface area contributed by atoms with Crippen molar-refractivity contribution in [3.05, 3.63) is 89.5 Å².